The van der Waals surface area contributed by atoms with Crippen LogP contribution in [-0.2, 0) is 11.3 Å². The molecule has 1 fully saturated rings. The van der Waals surface area contributed by atoms with Crippen LogP contribution in [0.25, 0.3) is 0 Å². The number of carbonyl (C=O) groups excluding carboxylic acids is 1. The smallest absolute Gasteiger partial charge is 0.149 e. The van der Waals surface area contributed by atoms with Crippen LogP contribution >= 0.6 is 0 Å². The van der Waals surface area contributed by atoms with Crippen LogP contribution in [0, 0.1) is 5.92 Å². The maximum atomic E-state index is 11.9. The molecule has 1 aliphatic carbocycles. The van der Waals surface area contributed by atoms with Crippen LogP contribution in [0.5, 0.6) is 0 Å². The van der Waals surface area contributed by atoms with Crippen molar-refractivity contribution in [1.82, 2.24) is 4.90 Å². The molecule has 0 atom stereocenters. The van der Waals surface area contributed by atoms with E-state index in [1.807, 2.05) is 6.07 Å². The van der Waals surface area contributed by atoms with E-state index in [0.717, 1.165) is 19.4 Å². The minimum absolute atomic E-state index is 0.368. The molecule has 92 valence electrons. The normalized spacial score (nSPS) is 15.5. The molecule has 0 heterocycles. The van der Waals surface area contributed by atoms with Gasteiger partial charge in [0.15, 0.2) is 0 Å². The van der Waals surface area contributed by atoms with Gasteiger partial charge in [-0.15, -0.1) is 0 Å². The Morgan fingerprint density at radius 3 is 2.47 bits per heavy atom. The summed E-state index contributed by atoms with van der Waals surface area (Å²) in [5, 5.41) is 0. The van der Waals surface area contributed by atoms with Gasteiger partial charge < -0.3 is 0 Å². The van der Waals surface area contributed by atoms with Gasteiger partial charge in [-0.1, -0.05) is 30.3 Å². The molecule has 0 saturated heterocycles. The zero-order valence-corrected chi connectivity index (χ0v) is 10.7. The standard InChI is InChI=1S/C15H21NO/c1-12(2)16(11-15(17)14-8-9-14)10-13-6-4-3-5-7-13/h3-7,12,14H,8-11H2,1-2H3. The highest BCUT2D eigenvalue weighted by molar-refractivity contribution is 5.85. The third-order valence-corrected chi connectivity index (χ3v) is 3.35. The van der Waals surface area contributed by atoms with Crippen molar-refractivity contribution in [2.24, 2.45) is 5.92 Å². The summed E-state index contributed by atoms with van der Waals surface area (Å²) in [5.74, 6) is 0.793. The second-order valence-corrected chi connectivity index (χ2v) is 5.22. The largest absolute Gasteiger partial charge is 0.298 e. The predicted octanol–water partition coefficient (Wildman–Crippen LogP) is 2.88. The van der Waals surface area contributed by atoms with E-state index in [1.54, 1.807) is 0 Å². The van der Waals surface area contributed by atoms with Gasteiger partial charge in [0.05, 0.1) is 6.54 Å². The first kappa shape index (κ1) is 12.3. The number of carbonyl (C=O) groups is 1. The van der Waals surface area contributed by atoms with Crippen molar-refractivity contribution >= 4 is 5.78 Å². The maximum Gasteiger partial charge on any atom is 0.149 e. The first-order valence-electron chi connectivity index (χ1n) is 6.47. The molecule has 0 aromatic heterocycles. The predicted molar refractivity (Wildman–Crippen MR) is 69.7 cm³/mol. The Hall–Kier alpha value is -1.15. The number of Topliss-reactive ketones (excluding diaryl/α,β-unsaturated/α-hetero) is 1. The lowest BCUT2D eigenvalue weighted by atomic mass is 10.1. The first-order valence-corrected chi connectivity index (χ1v) is 6.47. The fourth-order valence-corrected chi connectivity index (χ4v) is 1.97. The Morgan fingerprint density at radius 1 is 1.29 bits per heavy atom. The van der Waals surface area contributed by atoms with Crippen LogP contribution in [0.1, 0.15) is 32.3 Å². The molecule has 2 rings (SSSR count). The molecular formula is C15H21NO. The van der Waals surface area contributed by atoms with E-state index in [2.05, 4.69) is 43.0 Å². The fraction of sp³-hybridized carbons (Fsp3) is 0.533. The van der Waals surface area contributed by atoms with Crippen LogP contribution < -0.4 is 0 Å². The van der Waals surface area contributed by atoms with Gasteiger partial charge in [0.25, 0.3) is 0 Å². The monoisotopic (exact) mass is 231 g/mol. The fourth-order valence-electron chi connectivity index (χ4n) is 1.97. The van der Waals surface area contributed by atoms with E-state index in [1.165, 1.54) is 5.56 Å². The van der Waals surface area contributed by atoms with Gasteiger partial charge in [-0.25, -0.2) is 0 Å². The average Bonchev–Trinajstić information content (AvgIpc) is 3.13. The Labute approximate surface area is 104 Å². The van der Waals surface area contributed by atoms with Gasteiger partial charge in [-0.3, -0.25) is 9.69 Å². The molecule has 17 heavy (non-hydrogen) atoms. The molecule has 0 aliphatic heterocycles. The molecule has 2 nitrogen and oxygen atoms in total. The van der Waals surface area contributed by atoms with Gasteiger partial charge in [-0.05, 0) is 32.3 Å². The molecule has 1 saturated carbocycles. The maximum absolute atomic E-state index is 11.9. The van der Waals surface area contributed by atoms with E-state index in [4.69, 9.17) is 0 Å². The average molecular weight is 231 g/mol. The van der Waals surface area contributed by atoms with E-state index in [9.17, 15) is 4.79 Å². The summed E-state index contributed by atoms with van der Waals surface area (Å²) in [7, 11) is 0. The summed E-state index contributed by atoms with van der Waals surface area (Å²) < 4.78 is 0. The highest BCUT2D eigenvalue weighted by Crippen LogP contribution is 2.30. The first-order chi connectivity index (χ1) is 8.16. The summed E-state index contributed by atoms with van der Waals surface area (Å²) in [6.45, 7) is 5.79. The molecule has 0 amide bonds. The van der Waals surface area contributed by atoms with Gasteiger partial charge in [-0.2, -0.15) is 0 Å². The van der Waals surface area contributed by atoms with Gasteiger partial charge in [0.1, 0.15) is 5.78 Å². The topological polar surface area (TPSA) is 20.3 Å². The minimum atomic E-state index is 0.368. The molecule has 0 bridgehead atoms. The van der Waals surface area contributed by atoms with E-state index >= 15 is 0 Å². The lowest BCUT2D eigenvalue weighted by molar-refractivity contribution is -0.121. The minimum Gasteiger partial charge on any atom is -0.298 e. The molecule has 0 N–H and O–H groups in total. The molecule has 1 aliphatic rings. The van der Waals surface area contributed by atoms with Crippen molar-refractivity contribution in [3.05, 3.63) is 35.9 Å². The van der Waals surface area contributed by atoms with Gasteiger partial charge >= 0.3 is 0 Å². The summed E-state index contributed by atoms with van der Waals surface area (Å²) in [6.07, 6.45) is 2.21. The van der Waals surface area contributed by atoms with Crippen LogP contribution in [0.3, 0.4) is 0 Å². The molecule has 2 heteroatoms. The van der Waals surface area contributed by atoms with Crippen molar-refractivity contribution in [2.75, 3.05) is 6.54 Å². The summed E-state index contributed by atoms with van der Waals surface area (Å²) in [6, 6.07) is 10.8. The highest BCUT2D eigenvalue weighted by Gasteiger charge is 2.30. The van der Waals surface area contributed by atoms with Gasteiger partial charge in [0, 0.05) is 18.5 Å². The number of benzene rings is 1. The van der Waals surface area contributed by atoms with Crippen LogP contribution in [0.4, 0.5) is 0 Å². The Morgan fingerprint density at radius 2 is 1.94 bits per heavy atom. The summed E-state index contributed by atoms with van der Waals surface area (Å²) in [4.78, 5) is 14.1. The Bertz CT molecular complexity index is 368. The third-order valence-electron chi connectivity index (χ3n) is 3.35. The van der Waals surface area contributed by atoms with Crippen LogP contribution in [-0.4, -0.2) is 23.3 Å². The molecule has 0 spiro atoms. The molecular weight excluding hydrogens is 210 g/mol. The summed E-state index contributed by atoms with van der Waals surface area (Å²) in [5.41, 5.74) is 1.28. The molecule has 1 aromatic carbocycles. The SMILES string of the molecule is CC(C)N(CC(=O)C1CC1)Cc1ccccc1. The quantitative estimate of drug-likeness (QED) is 0.750. The lowest BCUT2D eigenvalue weighted by Gasteiger charge is -2.25. The Balaban J connectivity index is 1.94. The second-order valence-electron chi connectivity index (χ2n) is 5.22. The molecule has 1 aromatic rings. The van der Waals surface area contributed by atoms with Crippen LogP contribution in [0.15, 0.2) is 30.3 Å². The van der Waals surface area contributed by atoms with E-state index in [-0.39, 0.29) is 0 Å². The summed E-state index contributed by atoms with van der Waals surface area (Å²) >= 11 is 0. The number of hydrogen-bond acceptors (Lipinski definition) is 2. The third kappa shape index (κ3) is 3.67. The number of rotatable bonds is 6. The van der Waals surface area contributed by atoms with Crippen molar-refractivity contribution in [3.63, 3.8) is 0 Å². The highest BCUT2D eigenvalue weighted by atomic mass is 16.1. The Kier molecular flexibility index (Phi) is 3.95. The molecule has 0 unspecified atom stereocenters. The lowest BCUT2D eigenvalue weighted by Crippen LogP contribution is -2.35. The van der Waals surface area contributed by atoms with Crippen LogP contribution in [0.2, 0.25) is 0 Å². The van der Waals surface area contributed by atoms with E-state index < -0.39 is 0 Å². The number of hydrogen-bond donors (Lipinski definition) is 0. The van der Waals surface area contributed by atoms with Crippen molar-refractivity contribution in [3.8, 4) is 0 Å². The van der Waals surface area contributed by atoms with E-state index in [0.29, 0.717) is 24.3 Å². The zero-order chi connectivity index (χ0) is 12.3. The van der Waals surface area contributed by atoms with Gasteiger partial charge in [0.2, 0.25) is 0 Å². The number of ketones is 1. The van der Waals surface area contributed by atoms with Crippen molar-refractivity contribution < 1.29 is 4.79 Å². The number of nitrogens with zero attached hydrogens (tertiary/aromatic N) is 1. The zero-order valence-electron chi connectivity index (χ0n) is 10.7. The molecule has 0 radical (unpaired) electrons. The second kappa shape index (κ2) is 5.46. The van der Waals surface area contributed by atoms with Crippen molar-refractivity contribution in [2.45, 2.75) is 39.3 Å². The van der Waals surface area contributed by atoms with Crippen molar-refractivity contribution in [1.29, 1.82) is 0 Å².